The molecule has 1 atom stereocenters. The van der Waals surface area contributed by atoms with Crippen LogP contribution >= 0.6 is 11.6 Å². The molecular formula is C22H21ClN2O3S. The van der Waals surface area contributed by atoms with Gasteiger partial charge in [0.15, 0.2) is 0 Å². The maximum absolute atomic E-state index is 13.0. The Kier molecular flexibility index (Phi) is 6.25. The van der Waals surface area contributed by atoms with E-state index in [9.17, 15) is 13.2 Å². The summed E-state index contributed by atoms with van der Waals surface area (Å²) in [5.41, 5.74) is 3.57. The largest absolute Gasteiger partial charge is 0.341 e. The lowest BCUT2D eigenvalue weighted by molar-refractivity contribution is 0.0943. The Morgan fingerprint density at radius 3 is 2.24 bits per heavy atom. The zero-order chi connectivity index (χ0) is 21.0. The van der Waals surface area contributed by atoms with Crippen LogP contribution in [0.3, 0.4) is 0 Å². The fourth-order valence-electron chi connectivity index (χ4n) is 3.05. The van der Waals surface area contributed by atoms with E-state index in [1.807, 2.05) is 61.5 Å². The summed E-state index contributed by atoms with van der Waals surface area (Å²) < 4.78 is 25.2. The molecule has 0 bridgehead atoms. The van der Waals surface area contributed by atoms with Crippen LogP contribution in [0.4, 0.5) is 5.69 Å². The molecule has 0 saturated heterocycles. The van der Waals surface area contributed by atoms with E-state index in [1.165, 1.54) is 18.2 Å². The lowest BCUT2D eigenvalue weighted by Crippen LogP contribution is -2.29. The van der Waals surface area contributed by atoms with Crippen molar-refractivity contribution in [3.05, 3.63) is 100 Å². The van der Waals surface area contributed by atoms with Gasteiger partial charge in [0.25, 0.3) is 5.91 Å². The summed E-state index contributed by atoms with van der Waals surface area (Å²) in [6.07, 6.45) is 1.04. The third kappa shape index (κ3) is 5.37. The van der Waals surface area contributed by atoms with Gasteiger partial charge in [-0.1, -0.05) is 66.2 Å². The first-order valence-electron chi connectivity index (χ1n) is 8.93. The standard InChI is InChI=1S/C22H21ClN2O3S/c1-15-8-6-7-11-18(15)21(16-9-4-3-5-10-16)24-22(26)17-12-13-20(19(23)14-17)25-29(2,27)28/h3-14,21,25H,1-2H3,(H,24,26)/t21-/m1/s1. The van der Waals surface area contributed by atoms with Gasteiger partial charge in [-0.15, -0.1) is 0 Å². The topological polar surface area (TPSA) is 75.3 Å². The highest BCUT2D eigenvalue weighted by molar-refractivity contribution is 7.92. The maximum Gasteiger partial charge on any atom is 0.252 e. The van der Waals surface area contributed by atoms with E-state index in [4.69, 9.17) is 11.6 Å². The molecule has 0 aromatic heterocycles. The average molecular weight is 429 g/mol. The van der Waals surface area contributed by atoms with Gasteiger partial charge in [-0.25, -0.2) is 8.42 Å². The molecule has 0 radical (unpaired) electrons. The predicted octanol–water partition coefficient (Wildman–Crippen LogP) is 4.54. The Morgan fingerprint density at radius 2 is 1.62 bits per heavy atom. The zero-order valence-electron chi connectivity index (χ0n) is 16.0. The van der Waals surface area contributed by atoms with Crippen LogP contribution in [0.1, 0.15) is 33.1 Å². The summed E-state index contributed by atoms with van der Waals surface area (Å²) in [5.74, 6) is -0.310. The van der Waals surface area contributed by atoms with Crippen LogP contribution < -0.4 is 10.0 Å². The van der Waals surface area contributed by atoms with Crippen molar-refractivity contribution in [1.29, 1.82) is 0 Å². The molecule has 3 aromatic rings. The molecule has 1 amide bonds. The number of anilines is 1. The maximum atomic E-state index is 13.0. The number of hydrogen-bond acceptors (Lipinski definition) is 3. The van der Waals surface area contributed by atoms with Crippen molar-refractivity contribution in [2.75, 3.05) is 11.0 Å². The van der Waals surface area contributed by atoms with Gasteiger partial charge in [0, 0.05) is 5.56 Å². The summed E-state index contributed by atoms with van der Waals surface area (Å²) in [6.45, 7) is 2.00. The highest BCUT2D eigenvalue weighted by Crippen LogP contribution is 2.27. The molecular weight excluding hydrogens is 408 g/mol. The van der Waals surface area contributed by atoms with Crippen molar-refractivity contribution in [3.8, 4) is 0 Å². The molecule has 5 nitrogen and oxygen atoms in total. The number of rotatable bonds is 6. The van der Waals surface area contributed by atoms with Gasteiger partial charge in [-0.3, -0.25) is 9.52 Å². The Hall–Kier alpha value is -2.83. The summed E-state index contributed by atoms with van der Waals surface area (Å²) in [7, 11) is -3.46. The zero-order valence-corrected chi connectivity index (χ0v) is 17.6. The Morgan fingerprint density at radius 1 is 0.966 bits per heavy atom. The van der Waals surface area contributed by atoms with E-state index in [-0.39, 0.29) is 22.7 Å². The first-order valence-corrected chi connectivity index (χ1v) is 11.2. The summed E-state index contributed by atoms with van der Waals surface area (Å²) in [6, 6.07) is 21.7. The van der Waals surface area contributed by atoms with Gasteiger partial charge in [-0.2, -0.15) is 0 Å². The van der Waals surface area contributed by atoms with E-state index in [1.54, 1.807) is 0 Å². The smallest absolute Gasteiger partial charge is 0.252 e. The molecule has 0 spiro atoms. The van der Waals surface area contributed by atoms with Crippen molar-refractivity contribution in [1.82, 2.24) is 5.32 Å². The Balaban J connectivity index is 1.91. The number of amides is 1. The van der Waals surface area contributed by atoms with E-state index in [0.717, 1.165) is 22.9 Å². The molecule has 0 aliphatic carbocycles. The van der Waals surface area contributed by atoms with Gasteiger partial charge >= 0.3 is 0 Å². The fourth-order valence-corrected chi connectivity index (χ4v) is 3.91. The number of carbonyl (C=O) groups is 1. The van der Waals surface area contributed by atoms with Crippen LogP contribution in [0.25, 0.3) is 0 Å². The first-order chi connectivity index (χ1) is 13.7. The monoisotopic (exact) mass is 428 g/mol. The summed E-state index contributed by atoms with van der Waals surface area (Å²) in [5, 5.41) is 3.21. The Labute approximate surface area is 175 Å². The molecule has 3 rings (SSSR count). The molecule has 3 aromatic carbocycles. The number of halogens is 1. The average Bonchev–Trinajstić information content (AvgIpc) is 2.68. The number of benzene rings is 3. The van der Waals surface area contributed by atoms with Crippen LogP contribution in [-0.2, 0) is 10.0 Å². The number of nitrogens with one attached hydrogen (secondary N) is 2. The van der Waals surface area contributed by atoms with Crippen molar-refractivity contribution >= 4 is 33.2 Å². The van der Waals surface area contributed by atoms with E-state index < -0.39 is 10.0 Å². The summed E-state index contributed by atoms with van der Waals surface area (Å²) in [4.78, 5) is 13.0. The lowest BCUT2D eigenvalue weighted by Gasteiger charge is -2.22. The number of carbonyl (C=O) groups excluding carboxylic acids is 1. The van der Waals surface area contributed by atoms with Crippen LogP contribution in [0.2, 0.25) is 5.02 Å². The first kappa shape index (κ1) is 20.9. The molecule has 0 saturated carbocycles. The number of aryl methyl sites for hydroxylation is 1. The minimum absolute atomic E-state index is 0.148. The highest BCUT2D eigenvalue weighted by atomic mass is 35.5. The molecule has 0 fully saturated rings. The van der Waals surface area contributed by atoms with Gasteiger partial charge in [0.05, 0.1) is 23.0 Å². The molecule has 0 heterocycles. The van der Waals surface area contributed by atoms with Crippen LogP contribution in [-0.4, -0.2) is 20.6 Å². The molecule has 7 heteroatoms. The third-order valence-electron chi connectivity index (χ3n) is 4.43. The third-order valence-corrected chi connectivity index (χ3v) is 5.34. The van der Waals surface area contributed by atoms with E-state index in [2.05, 4.69) is 10.0 Å². The molecule has 0 aliphatic heterocycles. The number of hydrogen-bond donors (Lipinski definition) is 2. The SMILES string of the molecule is Cc1ccccc1[C@H](NC(=O)c1ccc(NS(C)(=O)=O)c(Cl)c1)c1ccccc1. The minimum Gasteiger partial charge on any atom is -0.341 e. The van der Waals surface area contributed by atoms with Crippen LogP contribution in [0.5, 0.6) is 0 Å². The Bertz CT molecular complexity index is 1130. The minimum atomic E-state index is -3.46. The second kappa shape index (κ2) is 8.68. The van der Waals surface area contributed by atoms with Gasteiger partial charge in [0.2, 0.25) is 10.0 Å². The molecule has 0 unspecified atom stereocenters. The second-order valence-electron chi connectivity index (χ2n) is 6.74. The van der Waals surface area contributed by atoms with E-state index in [0.29, 0.717) is 5.56 Å². The predicted molar refractivity (Wildman–Crippen MR) is 117 cm³/mol. The molecule has 29 heavy (non-hydrogen) atoms. The molecule has 150 valence electrons. The van der Waals surface area contributed by atoms with Crippen LogP contribution in [0.15, 0.2) is 72.8 Å². The number of sulfonamides is 1. The van der Waals surface area contributed by atoms with Crippen molar-refractivity contribution in [3.63, 3.8) is 0 Å². The highest BCUT2D eigenvalue weighted by Gasteiger charge is 2.20. The van der Waals surface area contributed by atoms with Crippen molar-refractivity contribution < 1.29 is 13.2 Å². The quantitative estimate of drug-likeness (QED) is 0.605. The fraction of sp³-hybridized carbons (Fsp3) is 0.136. The normalized spacial score (nSPS) is 12.2. The molecule has 2 N–H and O–H groups in total. The summed E-state index contributed by atoms with van der Waals surface area (Å²) >= 11 is 6.17. The van der Waals surface area contributed by atoms with E-state index >= 15 is 0 Å². The van der Waals surface area contributed by atoms with Gasteiger partial charge in [-0.05, 0) is 41.8 Å². The molecule has 0 aliphatic rings. The van der Waals surface area contributed by atoms with Crippen molar-refractivity contribution in [2.24, 2.45) is 0 Å². The second-order valence-corrected chi connectivity index (χ2v) is 8.90. The van der Waals surface area contributed by atoms with Gasteiger partial charge < -0.3 is 5.32 Å². The van der Waals surface area contributed by atoms with Gasteiger partial charge in [0.1, 0.15) is 0 Å². The van der Waals surface area contributed by atoms with Crippen LogP contribution in [0, 0.1) is 6.92 Å². The lowest BCUT2D eigenvalue weighted by atomic mass is 9.94. The van der Waals surface area contributed by atoms with Crippen molar-refractivity contribution in [2.45, 2.75) is 13.0 Å².